The molecule has 0 bridgehead atoms. The molecule has 2 rings (SSSR count). The van der Waals surface area contributed by atoms with E-state index in [-0.39, 0.29) is 12.7 Å². The van der Waals surface area contributed by atoms with Gasteiger partial charge >= 0.3 is 5.69 Å². The third-order valence-corrected chi connectivity index (χ3v) is 3.03. The van der Waals surface area contributed by atoms with Crippen LogP contribution in [-0.4, -0.2) is 41.5 Å². The second-order valence-electron chi connectivity index (χ2n) is 4.55. The molecule has 7 nitrogen and oxygen atoms in total. The van der Waals surface area contributed by atoms with Gasteiger partial charge in [-0.25, -0.2) is 4.79 Å². The van der Waals surface area contributed by atoms with Crippen LogP contribution in [0.25, 0.3) is 0 Å². The number of aliphatic hydroxyl groups is 1. The lowest BCUT2D eigenvalue weighted by Crippen LogP contribution is -2.35. The first-order chi connectivity index (χ1) is 8.52. The minimum Gasteiger partial charge on any atom is -0.394 e. The molecule has 0 unspecified atom stereocenters. The molecule has 2 N–H and O–H groups in total. The predicted molar refractivity (Wildman–Crippen MR) is 65.9 cm³/mol. The molecule has 1 aliphatic rings. The molecule has 0 amide bonds. The number of aliphatic hydroxyl groups excluding tert-OH is 1. The average Bonchev–Trinajstić information content (AvgIpc) is 2.77. The number of aromatic amines is 1. The van der Waals surface area contributed by atoms with Crippen molar-refractivity contribution in [2.45, 2.75) is 25.2 Å². The summed E-state index contributed by atoms with van der Waals surface area (Å²) in [5, 5.41) is 9.01. The number of ether oxygens (including phenoxy) is 1. The number of nitrogens with zero attached hydrogens (tertiary/aromatic N) is 2. The molecule has 1 aliphatic heterocycles. The molecule has 100 valence electrons. The second-order valence-corrected chi connectivity index (χ2v) is 4.55. The third kappa shape index (κ3) is 2.32. The van der Waals surface area contributed by atoms with Crippen molar-refractivity contribution in [1.82, 2.24) is 9.55 Å². The number of anilines is 1. The highest BCUT2D eigenvalue weighted by Crippen LogP contribution is 2.26. The molecular formula is C11H17N3O4. The minimum absolute atomic E-state index is 0.0604. The van der Waals surface area contributed by atoms with Crippen LogP contribution >= 0.6 is 0 Å². The van der Waals surface area contributed by atoms with Crippen molar-refractivity contribution in [3.8, 4) is 0 Å². The quantitative estimate of drug-likeness (QED) is 0.743. The predicted octanol–water partition coefficient (Wildman–Crippen LogP) is -0.727. The molecule has 1 saturated heterocycles. The van der Waals surface area contributed by atoms with Gasteiger partial charge < -0.3 is 14.7 Å². The fraction of sp³-hybridized carbons (Fsp3) is 0.636. The zero-order chi connectivity index (χ0) is 13.3. The van der Waals surface area contributed by atoms with Gasteiger partial charge in [0, 0.05) is 20.3 Å². The van der Waals surface area contributed by atoms with E-state index >= 15 is 0 Å². The molecule has 2 atom stereocenters. The number of rotatable bonds is 3. The van der Waals surface area contributed by atoms with Crippen molar-refractivity contribution in [1.29, 1.82) is 0 Å². The highest BCUT2D eigenvalue weighted by Gasteiger charge is 2.27. The summed E-state index contributed by atoms with van der Waals surface area (Å²) in [6, 6.07) is 0. The molecule has 2 heterocycles. The van der Waals surface area contributed by atoms with Crippen molar-refractivity contribution in [2.24, 2.45) is 0 Å². The lowest BCUT2D eigenvalue weighted by Gasteiger charge is -2.18. The van der Waals surface area contributed by atoms with Crippen LogP contribution in [0, 0.1) is 0 Å². The number of nitrogens with one attached hydrogen (secondary N) is 1. The largest absolute Gasteiger partial charge is 0.394 e. The fourth-order valence-corrected chi connectivity index (χ4v) is 2.03. The Kier molecular flexibility index (Phi) is 3.53. The molecule has 1 aromatic heterocycles. The van der Waals surface area contributed by atoms with Crippen LogP contribution in [0.3, 0.4) is 0 Å². The summed E-state index contributed by atoms with van der Waals surface area (Å²) in [6.07, 6.45) is 2.17. The van der Waals surface area contributed by atoms with Crippen LogP contribution in [0.1, 0.15) is 19.1 Å². The van der Waals surface area contributed by atoms with E-state index in [1.54, 1.807) is 19.0 Å². The van der Waals surface area contributed by atoms with Gasteiger partial charge in [0.15, 0.2) is 0 Å². The monoisotopic (exact) mass is 255 g/mol. The van der Waals surface area contributed by atoms with Crippen LogP contribution in [0.4, 0.5) is 5.69 Å². The van der Waals surface area contributed by atoms with Crippen LogP contribution < -0.4 is 16.1 Å². The molecule has 0 aliphatic carbocycles. The summed E-state index contributed by atoms with van der Waals surface area (Å²) in [7, 11) is 3.46. The summed E-state index contributed by atoms with van der Waals surface area (Å²) in [5.41, 5.74) is -0.516. The zero-order valence-corrected chi connectivity index (χ0v) is 10.4. The van der Waals surface area contributed by atoms with Gasteiger partial charge in [0.05, 0.1) is 12.7 Å². The second kappa shape index (κ2) is 4.95. The average molecular weight is 255 g/mol. The Morgan fingerprint density at radius 3 is 2.78 bits per heavy atom. The molecule has 0 radical (unpaired) electrons. The van der Waals surface area contributed by atoms with E-state index in [1.165, 1.54) is 10.8 Å². The smallest absolute Gasteiger partial charge is 0.330 e. The van der Waals surface area contributed by atoms with E-state index in [0.29, 0.717) is 18.5 Å². The first kappa shape index (κ1) is 12.8. The van der Waals surface area contributed by atoms with Crippen molar-refractivity contribution in [2.75, 3.05) is 25.6 Å². The van der Waals surface area contributed by atoms with Crippen molar-refractivity contribution in [3.05, 3.63) is 27.0 Å². The highest BCUT2D eigenvalue weighted by atomic mass is 16.5. The van der Waals surface area contributed by atoms with Gasteiger partial charge in [0.1, 0.15) is 11.9 Å². The number of aromatic nitrogens is 2. The highest BCUT2D eigenvalue weighted by molar-refractivity contribution is 5.39. The van der Waals surface area contributed by atoms with E-state index in [0.717, 1.165) is 0 Å². The number of hydrogen-bond donors (Lipinski definition) is 2. The normalized spacial score (nSPS) is 23.3. The van der Waals surface area contributed by atoms with Crippen molar-refractivity contribution >= 4 is 5.69 Å². The van der Waals surface area contributed by atoms with E-state index in [9.17, 15) is 9.59 Å². The fourth-order valence-electron chi connectivity index (χ4n) is 2.03. The van der Waals surface area contributed by atoms with E-state index in [2.05, 4.69) is 4.98 Å². The molecule has 0 spiro atoms. The first-order valence-electron chi connectivity index (χ1n) is 5.82. The summed E-state index contributed by atoms with van der Waals surface area (Å²) in [5.74, 6) is 0. The minimum atomic E-state index is -0.491. The molecule has 0 aromatic carbocycles. The van der Waals surface area contributed by atoms with Crippen LogP contribution in [0.5, 0.6) is 0 Å². The maximum atomic E-state index is 11.7. The van der Waals surface area contributed by atoms with Crippen molar-refractivity contribution < 1.29 is 9.84 Å². The molecule has 7 heteroatoms. The van der Waals surface area contributed by atoms with Gasteiger partial charge in [-0.1, -0.05) is 0 Å². The van der Waals surface area contributed by atoms with E-state index in [4.69, 9.17) is 9.84 Å². The standard InChI is InChI=1S/C11H17N3O4/c1-13(2)8-5-14(11(17)12-10(8)16)9-4-3-7(6-15)18-9/h5,7,9,15H,3-4,6H2,1-2H3,(H,12,16,17)/t7-,9+/m0/s1. The SMILES string of the molecule is CN(C)c1cn([C@H]2CC[C@@H](CO)O2)c(=O)[nH]c1=O. The van der Waals surface area contributed by atoms with Gasteiger partial charge in [-0.15, -0.1) is 0 Å². The summed E-state index contributed by atoms with van der Waals surface area (Å²) >= 11 is 0. The lowest BCUT2D eigenvalue weighted by molar-refractivity contribution is -0.0245. The number of H-pyrrole nitrogens is 1. The Balaban J connectivity index is 2.37. The maximum absolute atomic E-state index is 11.7. The Hall–Kier alpha value is -1.60. The Labute approximate surface area is 104 Å². The summed E-state index contributed by atoms with van der Waals surface area (Å²) < 4.78 is 6.89. The third-order valence-electron chi connectivity index (χ3n) is 3.03. The molecular weight excluding hydrogens is 238 g/mol. The topological polar surface area (TPSA) is 87.6 Å². The summed E-state index contributed by atoms with van der Waals surface area (Å²) in [4.78, 5) is 27.2. The van der Waals surface area contributed by atoms with Crippen molar-refractivity contribution in [3.63, 3.8) is 0 Å². The van der Waals surface area contributed by atoms with Crippen LogP contribution in [0.15, 0.2) is 15.8 Å². The summed E-state index contributed by atoms with van der Waals surface area (Å²) in [6.45, 7) is -0.0604. The number of hydrogen-bond acceptors (Lipinski definition) is 5. The Morgan fingerprint density at radius 1 is 1.50 bits per heavy atom. The molecule has 18 heavy (non-hydrogen) atoms. The van der Waals surface area contributed by atoms with Crippen LogP contribution in [0.2, 0.25) is 0 Å². The molecule has 0 saturated carbocycles. The van der Waals surface area contributed by atoms with E-state index in [1.807, 2.05) is 0 Å². The maximum Gasteiger partial charge on any atom is 0.330 e. The van der Waals surface area contributed by atoms with Gasteiger partial charge in [-0.2, -0.15) is 0 Å². The lowest BCUT2D eigenvalue weighted by atomic mass is 10.2. The van der Waals surface area contributed by atoms with E-state index < -0.39 is 17.5 Å². The van der Waals surface area contributed by atoms with Gasteiger partial charge in [-0.3, -0.25) is 14.3 Å². The Morgan fingerprint density at radius 2 is 2.22 bits per heavy atom. The van der Waals surface area contributed by atoms with Crippen LogP contribution in [-0.2, 0) is 4.74 Å². The molecule has 1 aromatic rings. The first-order valence-corrected chi connectivity index (χ1v) is 5.82. The Bertz CT molecular complexity index is 534. The van der Waals surface area contributed by atoms with Gasteiger partial charge in [-0.05, 0) is 12.8 Å². The molecule has 1 fully saturated rings. The van der Waals surface area contributed by atoms with Gasteiger partial charge in [0.25, 0.3) is 5.56 Å². The van der Waals surface area contributed by atoms with Gasteiger partial charge in [0.2, 0.25) is 0 Å². The zero-order valence-electron chi connectivity index (χ0n) is 10.4.